The molecule has 0 unspecified atom stereocenters. The van der Waals surface area contributed by atoms with Crippen molar-refractivity contribution in [2.45, 2.75) is 0 Å². The maximum atomic E-state index is 12.9. The predicted molar refractivity (Wildman–Crippen MR) is 107 cm³/mol. The van der Waals surface area contributed by atoms with Crippen molar-refractivity contribution < 1.29 is 9.21 Å². The van der Waals surface area contributed by atoms with Gasteiger partial charge in [0.05, 0.1) is 16.6 Å². The number of hydrogen-bond acceptors (Lipinski definition) is 4. The predicted octanol–water partition coefficient (Wildman–Crippen LogP) is 4.57. The van der Waals surface area contributed by atoms with E-state index in [0.717, 1.165) is 10.8 Å². The summed E-state index contributed by atoms with van der Waals surface area (Å²) < 4.78 is 5.32. The molecule has 5 rings (SSSR count). The number of aromatic nitrogens is 2. The van der Waals surface area contributed by atoms with E-state index >= 15 is 0 Å². The Labute approximate surface area is 159 Å². The number of fused-ring (bicyclic) bond motifs is 2. The van der Waals surface area contributed by atoms with Gasteiger partial charge in [-0.1, -0.05) is 48.5 Å². The second kappa shape index (κ2) is 6.32. The standard InChI is InChI=1S/C23H14N2O3/c26-21(16-10-9-14-5-1-2-6-15(14)13-16)19-11-12-20(24-19)22-25-18-8-4-3-7-17(18)23(27)28-22/h1-13,24H. The Balaban J connectivity index is 1.53. The fourth-order valence-electron chi connectivity index (χ4n) is 3.27. The van der Waals surface area contributed by atoms with Gasteiger partial charge in [0, 0.05) is 5.56 Å². The van der Waals surface area contributed by atoms with Gasteiger partial charge in [0.25, 0.3) is 0 Å². The van der Waals surface area contributed by atoms with Crippen molar-refractivity contribution in [3.05, 3.63) is 101 Å². The number of para-hydroxylation sites is 1. The second-order valence-corrected chi connectivity index (χ2v) is 6.50. The number of nitrogens with zero attached hydrogens (tertiary/aromatic N) is 1. The zero-order chi connectivity index (χ0) is 19.1. The van der Waals surface area contributed by atoms with Gasteiger partial charge < -0.3 is 9.40 Å². The largest absolute Gasteiger partial charge is 0.401 e. The van der Waals surface area contributed by atoms with Crippen LogP contribution in [0.15, 0.2) is 88.1 Å². The summed E-state index contributed by atoms with van der Waals surface area (Å²) in [5.74, 6) is 0.0152. The third kappa shape index (κ3) is 2.70. The number of carbonyl (C=O) groups excluding carboxylic acids is 1. The summed E-state index contributed by atoms with van der Waals surface area (Å²) in [5.41, 5.74) is 1.55. The molecule has 0 aliphatic carbocycles. The van der Waals surface area contributed by atoms with Gasteiger partial charge in [-0.3, -0.25) is 4.79 Å². The van der Waals surface area contributed by atoms with E-state index in [1.807, 2.05) is 42.5 Å². The van der Waals surface area contributed by atoms with Gasteiger partial charge in [0.2, 0.25) is 11.7 Å². The number of carbonyl (C=O) groups is 1. The zero-order valence-electron chi connectivity index (χ0n) is 14.7. The first-order valence-corrected chi connectivity index (χ1v) is 8.82. The Morgan fingerprint density at radius 2 is 1.64 bits per heavy atom. The summed E-state index contributed by atoms with van der Waals surface area (Å²) in [6.07, 6.45) is 0. The van der Waals surface area contributed by atoms with E-state index < -0.39 is 5.63 Å². The Morgan fingerprint density at radius 1 is 0.857 bits per heavy atom. The fourth-order valence-corrected chi connectivity index (χ4v) is 3.27. The van der Waals surface area contributed by atoms with Crippen molar-refractivity contribution in [2.75, 3.05) is 0 Å². The van der Waals surface area contributed by atoms with Gasteiger partial charge in [0.15, 0.2) is 0 Å². The summed E-state index contributed by atoms with van der Waals surface area (Å²) in [6.45, 7) is 0. The van der Waals surface area contributed by atoms with Crippen LogP contribution in [0.5, 0.6) is 0 Å². The topological polar surface area (TPSA) is 76.0 Å². The van der Waals surface area contributed by atoms with E-state index in [2.05, 4.69) is 9.97 Å². The molecule has 5 nitrogen and oxygen atoms in total. The van der Waals surface area contributed by atoms with Crippen LogP contribution in [0.1, 0.15) is 16.1 Å². The van der Waals surface area contributed by atoms with Crippen molar-refractivity contribution in [3.63, 3.8) is 0 Å². The number of rotatable bonds is 3. The average Bonchev–Trinajstić information content (AvgIpc) is 3.23. The van der Waals surface area contributed by atoms with Gasteiger partial charge >= 0.3 is 5.63 Å². The van der Waals surface area contributed by atoms with E-state index in [0.29, 0.717) is 27.9 Å². The van der Waals surface area contributed by atoms with Crippen LogP contribution >= 0.6 is 0 Å². The highest BCUT2D eigenvalue weighted by atomic mass is 16.4. The lowest BCUT2D eigenvalue weighted by Gasteiger charge is -2.02. The first kappa shape index (κ1) is 16.2. The molecule has 0 spiro atoms. The molecule has 0 saturated carbocycles. The molecule has 3 aromatic carbocycles. The Bertz CT molecular complexity index is 1410. The number of aromatic amines is 1. The first-order valence-electron chi connectivity index (χ1n) is 8.82. The van der Waals surface area contributed by atoms with Gasteiger partial charge in [-0.05, 0) is 41.1 Å². The molecule has 5 aromatic rings. The lowest BCUT2D eigenvalue weighted by Crippen LogP contribution is -2.04. The second-order valence-electron chi connectivity index (χ2n) is 6.50. The first-order chi connectivity index (χ1) is 13.7. The van der Waals surface area contributed by atoms with Crippen LogP contribution in [0.4, 0.5) is 0 Å². The SMILES string of the molecule is O=C(c1ccc2ccccc2c1)c1ccc(-c2nc3ccccc3c(=O)o2)[nH]1. The molecular formula is C23H14N2O3. The fraction of sp³-hybridized carbons (Fsp3) is 0. The maximum absolute atomic E-state index is 12.9. The molecule has 0 fully saturated rings. The lowest BCUT2D eigenvalue weighted by atomic mass is 10.0. The third-order valence-electron chi connectivity index (χ3n) is 4.71. The van der Waals surface area contributed by atoms with Crippen LogP contribution < -0.4 is 5.63 Å². The van der Waals surface area contributed by atoms with E-state index in [9.17, 15) is 9.59 Å². The number of benzene rings is 3. The smallest absolute Gasteiger partial charge is 0.347 e. The molecule has 28 heavy (non-hydrogen) atoms. The molecule has 2 aromatic heterocycles. The zero-order valence-corrected chi connectivity index (χ0v) is 14.7. The molecule has 1 N–H and O–H groups in total. The minimum Gasteiger partial charge on any atom is -0.401 e. The van der Waals surface area contributed by atoms with E-state index in [1.54, 1.807) is 36.4 Å². The molecule has 0 aliphatic heterocycles. The van der Waals surface area contributed by atoms with E-state index in [1.165, 1.54) is 0 Å². The number of ketones is 1. The summed E-state index contributed by atoms with van der Waals surface area (Å²) in [7, 11) is 0. The molecule has 0 radical (unpaired) electrons. The van der Waals surface area contributed by atoms with Crippen molar-refractivity contribution in [3.8, 4) is 11.6 Å². The minimum absolute atomic E-state index is 0.139. The highest BCUT2D eigenvalue weighted by Gasteiger charge is 2.15. The van der Waals surface area contributed by atoms with Crippen LogP contribution in [-0.2, 0) is 0 Å². The quantitative estimate of drug-likeness (QED) is 0.475. The highest BCUT2D eigenvalue weighted by Crippen LogP contribution is 2.21. The summed E-state index contributed by atoms with van der Waals surface area (Å²) >= 11 is 0. The van der Waals surface area contributed by atoms with Gasteiger partial charge in [-0.2, -0.15) is 0 Å². The van der Waals surface area contributed by atoms with Crippen molar-refractivity contribution >= 4 is 27.5 Å². The van der Waals surface area contributed by atoms with Crippen molar-refractivity contribution in [1.29, 1.82) is 0 Å². The van der Waals surface area contributed by atoms with Crippen LogP contribution in [-0.4, -0.2) is 15.8 Å². The van der Waals surface area contributed by atoms with E-state index in [4.69, 9.17) is 4.42 Å². The maximum Gasteiger partial charge on any atom is 0.347 e. The lowest BCUT2D eigenvalue weighted by molar-refractivity contribution is 0.103. The number of H-pyrrole nitrogens is 1. The van der Waals surface area contributed by atoms with Crippen molar-refractivity contribution in [2.24, 2.45) is 0 Å². The molecule has 0 saturated heterocycles. The Morgan fingerprint density at radius 3 is 2.54 bits per heavy atom. The van der Waals surface area contributed by atoms with Gasteiger partial charge in [-0.25, -0.2) is 9.78 Å². The molecule has 0 aliphatic rings. The Kier molecular flexibility index (Phi) is 3.66. The molecule has 2 heterocycles. The van der Waals surface area contributed by atoms with Crippen LogP contribution in [0.2, 0.25) is 0 Å². The molecule has 0 atom stereocenters. The summed E-state index contributed by atoms with van der Waals surface area (Å²) in [5, 5.41) is 2.50. The molecular weight excluding hydrogens is 352 g/mol. The normalized spacial score (nSPS) is 11.1. The van der Waals surface area contributed by atoms with E-state index in [-0.39, 0.29) is 11.7 Å². The molecule has 0 amide bonds. The van der Waals surface area contributed by atoms with Crippen LogP contribution in [0, 0.1) is 0 Å². The monoisotopic (exact) mass is 366 g/mol. The van der Waals surface area contributed by atoms with Crippen LogP contribution in [0.25, 0.3) is 33.3 Å². The minimum atomic E-state index is -0.461. The van der Waals surface area contributed by atoms with Crippen molar-refractivity contribution in [1.82, 2.24) is 9.97 Å². The highest BCUT2D eigenvalue weighted by molar-refractivity contribution is 6.09. The van der Waals surface area contributed by atoms with Gasteiger partial charge in [0.1, 0.15) is 5.69 Å². The number of hydrogen-bond donors (Lipinski definition) is 1. The molecule has 0 bridgehead atoms. The average molecular weight is 366 g/mol. The molecule has 5 heteroatoms. The van der Waals surface area contributed by atoms with Crippen LogP contribution in [0.3, 0.4) is 0 Å². The summed E-state index contributed by atoms with van der Waals surface area (Å²) in [4.78, 5) is 32.4. The summed E-state index contributed by atoms with van der Waals surface area (Å²) in [6, 6.07) is 23.8. The van der Waals surface area contributed by atoms with Gasteiger partial charge in [-0.15, -0.1) is 0 Å². The molecule has 134 valence electrons. The number of nitrogens with one attached hydrogen (secondary N) is 1. The Hall–Kier alpha value is -3.99. The third-order valence-corrected chi connectivity index (χ3v) is 4.71.